The maximum Gasteiger partial charge on any atom is 0.301 e. The third-order valence-corrected chi connectivity index (χ3v) is 7.51. The number of imide groups is 1. The van der Waals surface area contributed by atoms with Gasteiger partial charge in [0.2, 0.25) is 5.72 Å². The number of hydrogen-bond donors (Lipinski definition) is 3. The van der Waals surface area contributed by atoms with Gasteiger partial charge in [-0.15, -0.1) is 0 Å². The molecule has 1 aliphatic heterocycles. The molecule has 2 aromatic rings. The monoisotopic (exact) mass is 346 g/mol. The van der Waals surface area contributed by atoms with E-state index in [4.69, 9.17) is 5.73 Å². The van der Waals surface area contributed by atoms with E-state index >= 15 is 0 Å². The molecule has 4 N–H and O–H groups in total. The lowest BCUT2D eigenvalue weighted by Gasteiger charge is -2.29. The highest BCUT2D eigenvalue weighted by atomic mass is 31.2. The molecule has 124 valence electrons. The number of hydroxylamine groups is 2. The van der Waals surface area contributed by atoms with Crippen LogP contribution in [-0.4, -0.2) is 38.6 Å². The van der Waals surface area contributed by atoms with Crippen LogP contribution in [0.15, 0.2) is 60.7 Å². The number of nitrogens with two attached hydrogens (primary N) is 1. The number of amides is 2. The minimum Gasteiger partial charge on any atom is -0.366 e. The van der Waals surface area contributed by atoms with Crippen molar-refractivity contribution < 1.29 is 24.5 Å². The van der Waals surface area contributed by atoms with E-state index in [0.29, 0.717) is 0 Å². The van der Waals surface area contributed by atoms with Crippen LogP contribution in [0.4, 0.5) is 0 Å². The average Bonchev–Trinajstić information content (AvgIpc) is 2.76. The summed E-state index contributed by atoms with van der Waals surface area (Å²) in [5, 5.41) is 20.2. The number of aliphatic hydroxyl groups is 1. The first-order chi connectivity index (χ1) is 11.3. The predicted octanol–water partition coefficient (Wildman–Crippen LogP) is -0.226. The normalized spacial score (nSPS) is 24.5. The molecule has 0 saturated carbocycles. The van der Waals surface area contributed by atoms with Gasteiger partial charge in [0.05, 0.1) is 0 Å². The second-order valence-corrected chi connectivity index (χ2v) is 8.38. The summed E-state index contributed by atoms with van der Waals surface area (Å²) in [6.45, 7) is 0. The zero-order valence-electron chi connectivity index (χ0n) is 12.4. The lowest BCUT2D eigenvalue weighted by Crippen LogP contribution is -2.55. The maximum atomic E-state index is 14.0. The van der Waals surface area contributed by atoms with Gasteiger partial charge in [0.25, 0.3) is 5.91 Å². The Kier molecular flexibility index (Phi) is 3.89. The molecule has 2 unspecified atom stereocenters. The summed E-state index contributed by atoms with van der Waals surface area (Å²) in [6, 6.07) is 16.0. The summed E-state index contributed by atoms with van der Waals surface area (Å²) < 4.78 is 14.0. The van der Waals surface area contributed by atoms with E-state index in [9.17, 15) is 24.5 Å². The quantitative estimate of drug-likeness (QED) is 0.306. The first-order valence-electron chi connectivity index (χ1n) is 7.10. The second-order valence-electron chi connectivity index (χ2n) is 5.51. The fraction of sp³-hybridized carbons (Fsp3) is 0.125. The highest BCUT2D eigenvalue weighted by Crippen LogP contribution is 2.54. The van der Waals surface area contributed by atoms with E-state index in [-0.39, 0.29) is 15.7 Å². The van der Waals surface area contributed by atoms with Gasteiger partial charge in [0.1, 0.15) is 0 Å². The van der Waals surface area contributed by atoms with Gasteiger partial charge in [-0.2, -0.15) is 5.06 Å². The number of rotatable bonds is 3. The minimum absolute atomic E-state index is 0.251. The van der Waals surface area contributed by atoms with Gasteiger partial charge in [0, 0.05) is 10.6 Å². The largest absolute Gasteiger partial charge is 0.366 e. The van der Waals surface area contributed by atoms with Crippen molar-refractivity contribution in [3.63, 3.8) is 0 Å². The lowest BCUT2D eigenvalue weighted by molar-refractivity contribution is -0.176. The molecule has 7 nitrogen and oxygen atoms in total. The molecule has 3 rings (SSSR count). The Morgan fingerprint density at radius 2 is 1.38 bits per heavy atom. The number of carbonyl (C=O) groups is 2. The molecule has 0 aliphatic carbocycles. The number of benzene rings is 2. The molecule has 2 atom stereocenters. The third kappa shape index (κ3) is 2.22. The summed E-state index contributed by atoms with van der Waals surface area (Å²) >= 11 is 0. The maximum absolute atomic E-state index is 14.0. The molecule has 1 fully saturated rings. The average molecular weight is 346 g/mol. The van der Waals surface area contributed by atoms with Crippen molar-refractivity contribution in [3.05, 3.63) is 60.7 Å². The van der Waals surface area contributed by atoms with Gasteiger partial charge in [-0.1, -0.05) is 60.7 Å². The molecule has 1 aliphatic rings. The SMILES string of the molecule is NC1(O)C(=O)N(O)C(=O)C1P(=O)(c1ccccc1)c1ccccc1. The van der Waals surface area contributed by atoms with Gasteiger partial charge >= 0.3 is 5.91 Å². The standard InChI is InChI=1S/C16H15N2O5P/c17-16(21)13(14(19)18(22)15(16)20)24(23,11-7-3-1-4-8-11)12-9-5-2-6-10-12/h1-10,13,21-22H,17H2. The highest BCUT2D eigenvalue weighted by Gasteiger charge is 2.64. The van der Waals surface area contributed by atoms with Crippen molar-refractivity contribution in [1.29, 1.82) is 0 Å². The van der Waals surface area contributed by atoms with Crippen LogP contribution < -0.4 is 16.3 Å². The molecule has 24 heavy (non-hydrogen) atoms. The molecular weight excluding hydrogens is 331 g/mol. The lowest BCUT2D eigenvalue weighted by atomic mass is 10.2. The van der Waals surface area contributed by atoms with Gasteiger partial charge < -0.3 is 9.67 Å². The highest BCUT2D eigenvalue weighted by molar-refractivity contribution is 7.80. The van der Waals surface area contributed by atoms with Crippen LogP contribution in [0.1, 0.15) is 0 Å². The van der Waals surface area contributed by atoms with Crippen molar-refractivity contribution in [3.8, 4) is 0 Å². The fourth-order valence-corrected chi connectivity index (χ4v) is 6.08. The van der Waals surface area contributed by atoms with Crippen LogP contribution >= 0.6 is 7.14 Å². The van der Waals surface area contributed by atoms with Gasteiger partial charge in [-0.3, -0.25) is 20.5 Å². The van der Waals surface area contributed by atoms with Crippen molar-refractivity contribution >= 4 is 29.6 Å². The Balaban J connectivity index is 2.30. The Labute approximate surface area is 137 Å². The molecule has 1 saturated heterocycles. The van der Waals surface area contributed by atoms with Crippen LogP contribution in [0.5, 0.6) is 0 Å². The predicted molar refractivity (Wildman–Crippen MR) is 86.3 cm³/mol. The van der Waals surface area contributed by atoms with Crippen molar-refractivity contribution in [1.82, 2.24) is 5.06 Å². The van der Waals surface area contributed by atoms with E-state index in [2.05, 4.69) is 0 Å². The van der Waals surface area contributed by atoms with Crippen LogP contribution in [-0.2, 0) is 14.2 Å². The van der Waals surface area contributed by atoms with Crippen LogP contribution in [0.2, 0.25) is 0 Å². The molecule has 0 radical (unpaired) electrons. The molecule has 1 heterocycles. The van der Waals surface area contributed by atoms with Crippen LogP contribution in [0.3, 0.4) is 0 Å². The Morgan fingerprint density at radius 3 is 1.71 bits per heavy atom. The summed E-state index contributed by atoms with van der Waals surface area (Å²) in [5.41, 5.74) is 1.03. The summed E-state index contributed by atoms with van der Waals surface area (Å²) in [5.74, 6) is -2.59. The van der Waals surface area contributed by atoms with Gasteiger partial charge in [-0.05, 0) is 0 Å². The van der Waals surface area contributed by atoms with E-state index < -0.39 is 30.3 Å². The van der Waals surface area contributed by atoms with E-state index in [1.54, 1.807) is 36.4 Å². The van der Waals surface area contributed by atoms with E-state index in [1.165, 1.54) is 24.3 Å². The van der Waals surface area contributed by atoms with E-state index in [0.717, 1.165) is 0 Å². The first kappa shape index (κ1) is 16.5. The molecule has 0 bridgehead atoms. The first-order valence-corrected chi connectivity index (χ1v) is 8.88. The Bertz CT molecular complexity index is 795. The van der Waals surface area contributed by atoms with Crippen LogP contribution in [0, 0.1) is 0 Å². The summed E-state index contributed by atoms with van der Waals surface area (Å²) in [6.07, 6.45) is 0. The number of carbonyl (C=O) groups excluding carboxylic acids is 2. The molecular formula is C16H15N2O5P. The van der Waals surface area contributed by atoms with E-state index in [1.807, 2.05) is 0 Å². The number of nitrogens with zero attached hydrogens (tertiary/aromatic N) is 1. The fourth-order valence-electron chi connectivity index (χ4n) is 2.87. The molecule has 8 heteroatoms. The van der Waals surface area contributed by atoms with Crippen molar-refractivity contribution in [2.75, 3.05) is 0 Å². The molecule has 2 aromatic carbocycles. The topological polar surface area (TPSA) is 121 Å². The summed E-state index contributed by atoms with van der Waals surface area (Å²) in [4.78, 5) is 24.3. The smallest absolute Gasteiger partial charge is 0.301 e. The molecule has 0 aromatic heterocycles. The van der Waals surface area contributed by atoms with Gasteiger partial charge in [-0.25, -0.2) is 0 Å². The minimum atomic E-state index is -3.87. The third-order valence-electron chi connectivity index (χ3n) is 4.04. The molecule has 2 amide bonds. The van der Waals surface area contributed by atoms with Crippen molar-refractivity contribution in [2.24, 2.45) is 5.73 Å². The zero-order chi connectivity index (χ0) is 17.5. The number of hydrogen-bond acceptors (Lipinski definition) is 6. The van der Waals surface area contributed by atoms with Crippen LogP contribution in [0.25, 0.3) is 0 Å². The van der Waals surface area contributed by atoms with Crippen molar-refractivity contribution in [2.45, 2.75) is 11.4 Å². The summed E-state index contributed by atoms with van der Waals surface area (Å²) in [7, 11) is -3.87. The second kappa shape index (κ2) is 5.65. The Hall–Kier alpha value is -2.31. The Morgan fingerprint density at radius 1 is 0.958 bits per heavy atom. The van der Waals surface area contributed by atoms with Gasteiger partial charge in [0.15, 0.2) is 12.8 Å². The zero-order valence-corrected chi connectivity index (χ0v) is 13.3. The molecule has 0 spiro atoms.